The molecule has 2 fully saturated rings. The smallest absolute Gasteiger partial charge is 0.408 e. The number of nitrogens with zero attached hydrogens (tertiary/aromatic N) is 1. The third kappa shape index (κ3) is 5.52. The molecule has 7 nitrogen and oxygen atoms in total. The van der Waals surface area contributed by atoms with Crippen molar-refractivity contribution in [3.63, 3.8) is 0 Å². The highest BCUT2D eigenvalue weighted by Crippen LogP contribution is 2.40. The monoisotopic (exact) mass is 372 g/mol. The van der Waals surface area contributed by atoms with Gasteiger partial charge >= 0.3 is 12.1 Å². The third-order valence-electron chi connectivity index (χ3n) is 4.44. The highest BCUT2D eigenvalue weighted by molar-refractivity contribution is 8.00. The van der Waals surface area contributed by atoms with Crippen LogP contribution >= 0.6 is 11.8 Å². The molecule has 142 valence electrons. The second-order valence-corrected chi connectivity index (χ2v) is 8.78. The Hall–Kier alpha value is -1.44. The van der Waals surface area contributed by atoms with Gasteiger partial charge in [0.05, 0.1) is 5.37 Å². The summed E-state index contributed by atoms with van der Waals surface area (Å²) in [4.78, 5) is 37.4. The molecule has 1 heterocycles. The van der Waals surface area contributed by atoms with Gasteiger partial charge in [-0.3, -0.25) is 4.79 Å². The Morgan fingerprint density at radius 3 is 2.40 bits per heavy atom. The average Bonchev–Trinajstić information content (AvgIpc) is 2.97. The number of carbonyl (C=O) groups is 3. The summed E-state index contributed by atoms with van der Waals surface area (Å²) in [5.74, 6) is -0.627. The third-order valence-corrected chi connectivity index (χ3v) is 5.91. The average molecular weight is 372 g/mol. The molecule has 1 saturated heterocycles. The summed E-state index contributed by atoms with van der Waals surface area (Å²) < 4.78 is 5.13. The second kappa shape index (κ2) is 8.29. The highest BCUT2D eigenvalue weighted by Gasteiger charge is 2.44. The molecule has 8 heteroatoms. The standard InChI is InChI=1S/C17H28N2O5S/c1-17(2,3)24-16(23)18-9-13(20)19-12(15(21)22)10-25-14(19)11-7-5-4-6-8-11/h11-12,14H,4-10H2,1-3H3,(H,18,23)(H,21,22)/t12-,14?/m0/s1. The van der Waals surface area contributed by atoms with Gasteiger partial charge in [-0.05, 0) is 39.5 Å². The van der Waals surface area contributed by atoms with Gasteiger partial charge in [-0.2, -0.15) is 0 Å². The van der Waals surface area contributed by atoms with Crippen LogP contribution in [-0.2, 0) is 14.3 Å². The lowest BCUT2D eigenvalue weighted by Gasteiger charge is -2.35. The quantitative estimate of drug-likeness (QED) is 0.787. The number of rotatable bonds is 4. The predicted molar refractivity (Wildman–Crippen MR) is 95.3 cm³/mol. The molecule has 0 radical (unpaired) electrons. The maximum absolute atomic E-state index is 12.7. The molecular formula is C17H28N2O5S. The Balaban J connectivity index is 2.00. The number of thioether (sulfide) groups is 1. The molecule has 2 amide bonds. The first-order valence-corrected chi connectivity index (χ1v) is 9.86. The van der Waals surface area contributed by atoms with Crippen molar-refractivity contribution in [3.05, 3.63) is 0 Å². The maximum Gasteiger partial charge on any atom is 0.408 e. The number of alkyl carbamates (subject to hydrolysis) is 1. The fraction of sp³-hybridized carbons (Fsp3) is 0.824. The predicted octanol–water partition coefficient (Wildman–Crippen LogP) is 2.45. The molecule has 1 aliphatic heterocycles. The minimum absolute atomic E-state index is 0.116. The van der Waals surface area contributed by atoms with E-state index in [1.807, 2.05) is 0 Å². The Bertz CT molecular complexity index is 514. The molecule has 25 heavy (non-hydrogen) atoms. The highest BCUT2D eigenvalue weighted by atomic mass is 32.2. The fourth-order valence-electron chi connectivity index (χ4n) is 3.37. The van der Waals surface area contributed by atoms with E-state index in [1.165, 1.54) is 11.3 Å². The van der Waals surface area contributed by atoms with Crippen LogP contribution in [0.1, 0.15) is 52.9 Å². The lowest BCUT2D eigenvalue weighted by Crippen LogP contribution is -2.51. The maximum atomic E-state index is 12.7. The van der Waals surface area contributed by atoms with Gasteiger partial charge in [0.25, 0.3) is 0 Å². The lowest BCUT2D eigenvalue weighted by atomic mass is 9.88. The molecule has 0 spiro atoms. The number of ether oxygens (including phenoxy) is 1. The molecule has 2 atom stereocenters. The van der Waals surface area contributed by atoms with Crippen LogP contribution < -0.4 is 5.32 Å². The largest absolute Gasteiger partial charge is 0.480 e. The van der Waals surface area contributed by atoms with E-state index in [9.17, 15) is 19.5 Å². The number of hydrogen-bond donors (Lipinski definition) is 2. The zero-order valence-corrected chi connectivity index (χ0v) is 15.9. The molecular weight excluding hydrogens is 344 g/mol. The molecule has 0 aromatic carbocycles. The molecule has 0 aromatic heterocycles. The van der Waals surface area contributed by atoms with Gasteiger partial charge in [0.2, 0.25) is 5.91 Å². The van der Waals surface area contributed by atoms with Crippen LogP contribution in [0.5, 0.6) is 0 Å². The van der Waals surface area contributed by atoms with Crippen molar-refractivity contribution in [2.24, 2.45) is 5.92 Å². The summed E-state index contributed by atoms with van der Waals surface area (Å²) in [5, 5.41) is 11.8. The Labute approximate surface area is 152 Å². The lowest BCUT2D eigenvalue weighted by molar-refractivity contribution is -0.149. The molecule has 2 N–H and O–H groups in total. The summed E-state index contributed by atoms with van der Waals surface area (Å²) in [6, 6.07) is -0.829. The van der Waals surface area contributed by atoms with E-state index < -0.39 is 23.7 Å². The number of aliphatic carboxylic acids is 1. The van der Waals surface area contributed by atoms with Crippen molar-refractivity contribution in [2.45, 2.75) is 69.9 Å². The van der Waals surface area contributed by atoms with E-state index in [4.69, 9.17) is 4.74 Å². The molecule has 2 aliphatic rings. The normalized spacial score (nSPS) is 24.8. The fourth-order valence-corrected chi connectivity index (χ4v) is 5.02. The number of carboxylic acid groups (broad SMARTS) is 1. The van der Waals surface area contributed by atoms with Crippen LogP contribution in [0.4, 0.5) is 4.79 Å². The first kappa shape index (κ1) is 19.9. The van der Waals surface area contributed by atoms with Gasteiger partial charge < -0.3 is 20.1 Å². The van der Waals surface area contributed by atoms with E-state index in [2.05, 4.69) is 5.32 Å². The van der Waals surface area contributed by atoms with E-state index in [-0.39, 0.29) is 17.8 Å². The summed E-state index contributed by atoms with van der Waals surface area (Å²) >= 11 is 1.55. The second-order valence-electron chi connectivity index (χ2n) is 7.63. The van der Waals surface area contributed by atoms with Crippen LogP contribution in [0.15, 0.2) is 0 Å². The summed E-state index contributed by atoms with van der Waals surface area (Å²) in [7, 11) is 0. The van der Waals surface area contributed by atoms with Gasteiger partial charge in [-0.1, -0.05) is 19.3 Å². The molecule has 2 rings (SSSR count). The number of carbonyl (C=O) groups excluding carboxylic acids is 2. The van der Waals surface area contributed by atoms with Crippen LogP contribution in [0.2, 0.25) is 0 Å². The zero-order chi connectivity index (χ0) is 18.6. The number of carboxylic acids is 1. The van der Waals surface area contributed by atoms with Crippen LogP contribution in [0, 0.1) is 5.92 Å². The molecule has 0 bridgehead atoms. The van der Waals surface area contributed by atoms with Crippen molar-refractivity contribution >= 4 is 29.7 Å². The number of amides is 2. The summed E-state index contributed by atoms with van der Waals surface area (Å²) in [6.45, 7) is 4.98. The van der Waals surface area contributed by atoms with E-state index in [0.29, 0.717) is 11.7 Å². The van der Waals surface area contributed by atoms with E-state index in [1.54, 1.807) is 32.5 Å². The summed E-state index contributed by atoms with van der Waals surface area (Å²) in [6.07, 6.45) is 4.81. The Morgan fingerprint density at radius 1 is 1.20 bits per heavy atom. The minimum atomic E-state index is -0.989. The van der Waals surface area contributed by atoms with Gasteiger partial charge in [-0.15, -0.1) is 11.8 Å². The van der Waals surface area contributed by atoms with Crippen LogP contribution in [-0.4, -0.2) is 57.3 Å². The molecule has 1 unspecified atom stereocenters. The van der Waals surface area contributed by atoms with Gasteiger partial charge in [-0.25, -0.2) is 9.59 Å². The van der Waals surface area contributed by atoms with Crippen molar-refractivity contribution in [1.82, 2.24) is 10.2 Å². The van der Waals surface area contributed by atoms with Gasteiger partial charge in [0.15, 0.2) is 0 Å². The van der Waals surface area contributed by atoms with Crippen molar-refractivity contribution < 1.29 is 24.2 Å². The van der Waals surface area contributed by atoms with Gasteiger partial charge in [0, 0.05) is 5.75 Å². The summed E-state index contributed by atoms with van der Waals surface area (Å²) in [5.41, 5.74) is -0.648. The van der Waals surface area contributed by atoms with Gasteiger partial charge in [0.1, 0.15) is 18.2 Å². The molecule has 1 aliphatic carbocycles. The van der Waals surface area contributed by atoms with Crippen molar-refractivity contribution in [1.29, 1.82) is 0 Å². The Kier molecular flexibility index (Phi) is 6.59. The zero-order valence-electron chi connectivity index (χ0n) is 15.1. The minimum Gasteiger partial charge on any atom is -0.480 e. The van der Waals surface area contributed by atoms with E-state index >= 15 is 0 Å². The first-order chi connectivity index (χ1) is 11.7. The number of nitrogens with one attached hydrogen (secondary N) is 1. The van der Waals surface area contributed by atoms with Crippen LogP contribution in [0.25, 0.3) is 0 Å². The molecule has 0 aromatic rings. The first-order valence-electron chi connectivity index (χ1n) is 8.81. The SMILES string of the molecule is CC(C)(C)OC(=O)NCC(=O)N1C(C2CCCCC2)SC[C@H]1C(=O)O. The Morgan fingerprint density at radius 2 is 1.84 bits per heavy atom. The topological polar surface area (TPSA) is 95.9 Å². The molecule has 1 saturated carbocycles. The van der Waals surface area contributed by atoms with Crippen LogP contribution in [0.3, 0.4) is 0 Å². The number of hydrogen-bond acceptors (Lipinski definition) is 5. The van der Waals surface area contributed by atoms with Crippen molar-refractivity contribution in [2.75, 3.05) is 12.3 Å². The van der Waals surface area contributed by atoms with E-state index in [0.717, 1.165) is 25.7 Å². The van der Waals surface area contributed by atoms with Crippen molar-refractivity contribution in [3.8, 4) is 0 Å².